The fraction of sp³-hybridized carbons (Fsp3) is 0.684. The predicted molar refractivity (Wildman–Crippen MR) is 96.3 cm³/mol. The first-order chi connectivity index (χ1) is 11.5. The number of β-amino-alcohol motifs (C(OH)–C–C–N with tert-alkyl or cyclic N) is 1. The molecule has 2 unspecified atom stereocenters. The number of hydrogen-bond donors (Lipinski definition) is 2. The molecule has 136 valence electrons. The first kappa shape index (κ1) is 19.2. The highest BCUT2D eigenvalue weighted by molar-refractivity contribution is 5.29. The lowest BCUT2D eigenvalue weighted by Crippen LogP contribution is -2.43. The second-order valence-corrected chi connectivity index (χ2v) is 7.05. The Bertz CT molecular complexity index is 472. The molecule has 0 saturated carbocycles. The third-order valence-electron chi connectivity index (χ3n) is 5.05. The molecular formula is C19H32N2O3. The van der Waals surface area contributed by atoms with Gasteiger partial charge in [0.25, 0.3) is 0 Å². The molecule has 2 atom stereocenters. The minimum absolute atomic E-state index is 0.0246. The molecule has 0 bridgehead atoms. The minimum atomic E-state index is -0.407. The summed E-state index contributed by atoms with van der Waals surface area (Å²) in [4.78, 5) is 4.37. The molecule has 1 aromatic carbocycles. The van der Waals surface area contributed by atoms with Crippen molar-refractivity contribution in [2.75, 3.05) is 46.9 Å². The Morgan fingerprint density at radius 1 is 1.25 bits per heavy atom. The molecular weight excluding hydrogens is 304 g/mol. The fourth-order valence-corrected chi connectivity index (χ4v) is 3.39. The molecule has 1 heterocycles. The molecule has 1 aromatic rings. The van der Waals surface area contributed by atoms with Crippen LogP contribution in [0.1, 0.15) is 31.4 Å². The number of likely N-dealkylation sites (tertiary alicyclic amines) is 1. The molecule has 0 aromatic heterocycles. The molecule has 5 heteroatoms. The third-order valence-corrected chi connectivity index (χ3v) is 5.05. The van der Waals surface area contributed by atoms with E-state index in [4.69, 9.17) is 4.74 Å². The Kier molecular flexibility index (Phi) is 7.49. The van der Waals surface area contributed by atoms with Crippen molar-refractivity contribution in [3.63, 3.8) is 0 Å². The molecule has 1 aliphatic rings. The van der Waals surface area contributed by atoms with E-state index >= 15 is 0 Å². The summed E-state index contributed by atoms with van der Waals surface area (Å²) in [5.74, 6) is 1.60. The van der Waals surface area contributed by atoms with Gasteiger partial charge in [0.2, 0.25) is 0 Å². The maximum absolute atomic E-state index is 10.4. The summed E-state index contributed by atoms with van der Waals surface area (Å²) in [6.45, 7) is 5.72. The molecule has 1 fully saturated rings. The van der Waals surface area contributed by atoms with Crippen LogP contribution in [0.3, 0.4) is 0 Å². The predicted octanol–water partition coefficient (Wildman–Crippen LogP) is 1.75. The molecule has 0 radical (unpaired) electrons. The highest BCUT2D eigenvalue weighted by Gasteiger charge is 2.22. The van der Waals surface area contributed by atoms with Crippen LogP contribution < -0.4 is 4.74 Å². The summed E-state index contributed by atoms with van der Waals surface area (Å²) < 4.78 is 5.18. The van der Waals surface area contributed by atoms with Crippen LogP contribution in [0.25, 0.3) is 0 Å². The molecule has 2 rings (SSSR count). The zero-order valence-electron chi connectivity index (χ0n) is 15.2. The van der Waals surface area contributed by atoms with Crippen molar-refractivity contribution in [2.24, 2.45) is 5.92 Å². The van der Waals surface area contributed by atoms with Gasteiger partial charge in [-0.25, -0.2) is 0 Å². The van der Waals surface area contributed by atoms with Gasteiger partial charge in [-0.2, -0.15) is 0 Å². The summed E-state index contributed by atoms with van der Waals surface area (Å²) in [6.07, 6.45) is 2.03. The fourth-order valence-electron chi connectivity index (χ4n) is 3.39. The maximum atomic E-state index is 10.4. The highest BCUT2D eigenvalue weighted by Crippen LogP contribution is 2.22. The summed E-state index contributed by atoms with van der Waals surface area (Å²) in [7, 11) is 3.59. The van der Waals surface area contributed by atoms with Gasteiger partial charge in [-0.15, -0.1) is 0 Å². The monoisotopic (exact) mass is 336 g/mol. The van der Waals surface area contributed by atoms with Gasteiger partial charge in [-0.3, -0.25) is 4.90 Å². The minimum Gasteiger partial charge on any atom is -0.497 e. The number of rotatable bonds is 8. The van der Waals surface area contributed by atoms with Crippen LogP contribution in [0.2, 0.25) is 0 Å². The number of methoxy groups -OCH3 is 1. The highest BCUT2D eigenvalue weighted by atomic mass is 16.5. The van der Waals surface area contributed by atoms with Crippen molar-refractivity contribution >= 4 is 0 Å². The van der Waals surface area contributed by atoms with Gasteiger partial charge in [0.05, 0.1) is 25.9 Å². The summed E-state index contributed by atoms with van der Waals surface area (Å²) in [5.41, 5.74) is 1.03. The molecule has 5 nitrogen and oxygen atoms in total. The Morgan fingerprint density at radius 2 is 1.88 bits per heavy atom. The number of hydrogen-bond acceptors (Lipinski definition) is 5. The van der Waals surface area contributed by atoms with E-state index in [2.05, 4.69) is 11.8 Å². The number of piperidine rings is 1. The van der Waals surface area contributed by atoms with E-state index in [0.717, 1.165) is 30.3 Å². The van der Waals surface area contributed by atoms with E-state index in [9.17, 15) is 10.2 Å². The number of aliphatic hydroxyl groups excluding tert-OH is 2. The number of nitrogens with zero attached hydrogens (tertiary/aromatic N) is 2. The molecule has 0 aliphatic carbocycles. The second-order valence-electron chi connectivity index (χ2n) is 7.05. The summed E-state index contributed by atoms with van der Waals surface area (Å²) in [5, 5.41) is 20.2. The topological polar surface area (TPSA) is 56.2 Å². The van der Waals surface area contributed by atoms with Gasteiger partial charge in [-0.1, -0.05) is 19.1 Å². The van der Waals surface area contributed by atoms with Crippen LogP contribution in [0, 0.1) is 5.92 Å². The lowest BCUT2D eigenvalue weighted by molar-refractivity contribution is 0.0462. The normalized spacial score (nSPS) is 19.4. The number of ether oxygens (including phenoxy) is 1. The standard InChI is InChI=1S/C19H32N2O3/c1-15-8-10-21(11-9-15)13-17(23)12-20(2)19(14-22)16-4-6-18(24-3)7-5-16/h4-7,15,17,19,22-23H,8-14H2,1-3H3. The quantitative estimate of drug-likeness (QED) is 0.757. The third kappa shape index (κ3) is 5.45. The van der Waals surface area contributed by atoms with E-state index < -0.39 is 6.10 Å². The van der Waals surface area contributed by atoms with E-state index in [0.29, 0.717) is 13.1 Å². The molecule has 0 spiro atoms. The van der Waals surface area contributed by atoms with Crippen molar-refractivity contribution in [2.45, 2.75) is 31.9 Å². The van der Waals surface area contributed by atoms with E-state index in [1.54, 1.807) is 7.11 Å². The van der Waals surface area contributed by atoms with Gasteiger partial charge in [0.15, 0.2) is 0 Å². The summed E-state index contributed by atoms with van der Waals surface area (Å²) in [6, 6.07) is 7.62. The van der Waals surface area contributed by atoms with Crippen LogP contribution in [-0.4, -0.2) is 73.1 Å². The first-order valence-corrected chi connectivity index (χ1v) is 8.89. The SMILES string of the molecule is COc1ccc(C(CO)N(C)CC(O)CN2CCC(C)CC2)cc1. The number of aliphatic hydroxyl groups is 2. The maximum Gasteiger partial charge on any atom is 0.118 e. The average Bonchev–Trinajstić information content (AvgIpc) is 2.58. The lowest BCUT2D eigenvalue weighted by Gasteiger charge is -2.34. The second kappa shape index (κ2) is 9.37. The van der Waals surface area contributed by atoms with Crippen molar-refractivity contribution in [3.05, 3.63) is 29.8 Å². The van der Waals surface area contributed by atoms with Crippen LogP contribution in [0.5, 0.6) is 5.75 Å². The van der Waals surface area contributed by atoms with Crippen LogP contribution in [-0.2, 0) is 0 Å². The van der Waals surface area contributed by atoms with Crippen molar-refractivity contribution in [3.8, 4) is 5.75 Å². The Labute approximate surface area is 145 Å². The molecule has 2 N–H and O–H groups in total. The summed E-state index contributed by atoms with van der Waals surface area (Å²) >= 11 is 0. The molecule has 0 amide bonds. The van der Waals surface area contributed by atoms with E-state index in [1.165, 1.54) is 12.8 Å². The van der Waals surface area contributed by atoms with Gasteiger partial charge in [-0.05, 0) is 56.6 Å². The van der Waals surface area contributed by atoms with Gasteiger partial charge < -0.3 is 19.8 Å². The van der Waals surface area contributed by atoms with Crippen molar-refractivity contribution in [1.29, 1.82) is 0 Å². The van der Waals surface area contributed by atoms with Gasteiger partial charge in [0, 0.05) is 13.1 Å². The average molecular weight is 336 g/mol. The van der Waals surface area contributed by atoms with Crippen molar-refractivity contribution < 1.29 is 14.9 Å². The first-order valence-electron chi connectivity index (χ1n) is 8.89. The Morgan fingerprint density at radius 3 is 2.42 bits per heavy atom. The van der Waals surface area contributed by atoms with Gasteiger partial charge >= 0.3 is 0 Å². The zero-order valence-corrected chi connectivity index (χ0v) is 15.2. The Balaban J connectivity index is 1.87. The lowest BCUT2D eigenvalue weighted by atomic mass is 9.99. The van der Waals surface area contributed by atoms with Crippen LogP contribution in [0.15, 0.2) is 24.3 Å². The van der Waals surface area contributed by atoms with Crippen molar-refractivity contribution in [1.82, 2.24) is 9.80 Å². The molecule has 1 aliphatic heterocycles. The van der Waals surface area contributed by atoms with Gasteiger partial charge in [0.1, 0.15) is 5.75 Å². The Hall–Kier alpha value is -1.14. The number of likely N-dealkylation sites (N-methyl/N-ethyl adjacent to an activating group) is 1. The van der Waals surface area contributed by atoms with Crippen LogP contribution >= 0.6 is 0 Å². The van der Waals surface area contributed by atoms with Crippen LogP contribution in [0.4, 0.5) is 0 Å². The zero-order chi connectivity index (χ0) is 17.5. The molecule has 24 heavy (non-hydrogen) atoms. The van der Waals surface area contributed by atoms with E-state index in [-0.39, 0.29) is 12.6 Å². The smallest absolute Gasteiger partial charge is 0.118 e. The molecule has 1 saturated heterocycles. The largest absolute Gasteiger partial charge is 0.497 e. The number of benzene rings is 1. The van der Waals surface area contributed by atoms with E-state index in [1.807, 2.05) is 36.2 Å².